The molecule has 4 aromatic heterocycles. The first-order valence-corrected chi connectivity index (χ1v) is 7.44. The van der Waals surface area contributed by atoms with Gasteiger partial charge in [0.15, 0.2) is 0 Å². The molecular formula is C16H10F3N5O2. The van der Waals surface area contributed by atoms with Crippen molar-refractivity contribution in [2.45, 2.75) is 12.7 Å². The van der Waals surface area contributed by atoms with E-state index in [0.29, 0.717) is 0 Å². The third kappa shape index (κ3) is 2.85. The number of nitrogens with zero attached hydrogens (tertiary/aromatic N) is 5. The summed E-state index contributed by atoms with van der Waals surface area (Å²) in [5.74, 6) is -1.75. The molecule has 0 spiro atoms. The van der Waals surface area contributed by atoms with E-state index in [4.69, 9.17) is 0 Å². The molecule has 4 aromatic rings. The van der Waals surface area contributed by atoms with E-state index in [1.54, 1.807) is 12.4 Å². The Morgan fingerprint density at radius 3 is 2.73 bits per heavy atom. The summed E-state index contributed by atoms with van der Waals surface area (Å²) in [7, 11) is 0. The Bertz CT molecular complexity index is 1140. The number of rotatable bonds is 3. The molecule has 0 atom stereocenters. The van der Waals surface area contributed by atoms with Gasteiger partial charge in [0.25, 0.3) is 5.56 Å². The SMILES string of the molecule is O=c1cc(-c2noc(C(F)(F)F)n2)ccn1Cc1cccn2ccnc12. The van der Waals surface area contributed by atoms with E-state index in [1.165, 1.54) is 16.8 Å². The molecule has 4 heterocycles. The van der Waals surface area contributed by atoms with Gasteiger partial charge in [-0.25, -0.2) is 4.98 Å². The third-order valence-corrected chi connectivity index (χ3v) is 3.76. The molecule has 0 amide bonds. The topological polar surface area (TPSA) is 78.2 Å². The molecule has 132 valence electrons. The Morgan fingerprint density at radius 1 is 1.15 bits per heavy atom. The van der Waals surface area contributed by atoms with Crippen LogP contribution in [-0.4, -0.2) is 24.1 Å². The van der Waals surface area contributed by atoms with Crippen LogP contribution < -0.4 is 5.56 Å². The summed E-state index contributed by atoms with van der Waals surface area (Å²) in [4.78, 5) is 19.8. The predicted octanol–water partition coefficient (Wildman–Crippen LogP) is 2.61. The number of hydrogen-bond acceptors (Lipinski definition) is 5. The smallest absolute Gasteiger partial charge is 0.329 e. The molecule has 4 rings (SSSR count). The molecule has 0 aliphatic heterocycles. The largest absolute Gasteiger partial charge is 0.471 e. The molecule has 7 nitrogen and oxygen atoms in total. The number of aromatic nitrogens is 5. The van der Waals surface area contributed by atoms with Crippen molar-refractivity contribution in [3.63, 3.8) is 0 Å². The van der Waals surface area contributed by atoms with E-state index in [0.717, 1.165) is 17.3 Å². The second-order valence-corrected chi connectivity index (χ2v) is 5.49. The zero-order chi connectivity index (χ0) is 18.3. The number of imidazole rings is 1. The van der Waals surface area contributed by atoms with Crippen LogP contribution in [0.5, 0.6) is 0 Å². The molecule has 0 saturated carbocycles. The fraction of sp³-hybridized carbons (Fsp3) is 0.125. The molecule has 26 heavy (non-hydrogen) atoms. The summed E-state index contributed by atoms with van der Waals surface area (Å²) in [5.41, 5.74) is 1.28. The Kier molecular flexibility index (Phi) is 3.60. The summed E-state index contributed by atoms with van der Waals surface area (Å²) in [6, 6.07) is 6.30. The van der Waals surface area contributed by atoms with Gasteiger partial charge in [-0.3, -0.25) is 4.79 Å². The minimum Gasteiger partial charge on any atom is -0.329 e. The van der Waals surface area contributed by atoms with Gasteiger partial charge < -0.3 is 13.5 Å². The maximum absolute atomic E-state index is 12.5. The lowest BCUT2D eigenvalue weighted by molar-refractivity contribution is -0.159. The molecule has 0 saturated heterocycles. The Hall–Kier alpha value is -3.43. The maximum Gasteiger partial charge on any atom is 0.471 e. The second-order valence-electron chi connectivity index (χ2n) is 5.49. The van der Waals surface area contributed by atoms with Gasteiger partial charge in [0, 0.05) is 42.0 Å². The van der Waals surface area contributed by atoms with Crippen LogP contribution in [0, 0.1) is 0 Å². The Labute approximate surface area is 143 Å². The van der Waals surface area contributed by atoms with Crippen molar-refractivity contribution in [3.8, 4) is 11.4 Å². The van der Waals surface area contributed by atoms with Crippen LogP contribution in [0.1, 0.15) is 11.5 Å². The first-order valence-electron chi connectivity index (χ1n) is 7.44. The summed E-state index contributed by atoms with van der Waals surface area (Å²) >= 11 is 0. The van der Waals surface area contributed by atoms with E-state index in [9.17, 15) is 18.0 Å². The molecule has 0 bridgehead atoms. The first kappa shape index (κ1) is 16.1. The van der Waals surface area contributed by atoms with E-state index < -0.39 is 17.6 Å². The molecule has 10 heteroatoms. The highest BCUT2D eigenvalue weighted by Crippen LogP contribution is 2.29. The van der Waals surface area contributed by atoms with Gasteiger partial charge in [-0.1, -0.05) is 11.2 Å². The number of pyridine rings is 2. The lowest BCUT2D eigenvalue weighted by Crippen LogP contribution is -2.19. The molecule has 0 aliphatic rings. The van der Waals surface area contributed by atoms with Crippen molar-refractivity contribution in [2.75, 3.05) is 0 Å². The summed E-state index contributed by atoms with van der Waals surface area (Å²) in [5, 5.41) is 3.27. The zero-order valence-electron chi connectivity index (χ0n) is 13.0. The fourth-order valence-electron chi connectivity index (χ4n) is 2.55. The van der Waals surface area contributed by atoms with Crippen LogP contribution >= 0.6 is 0 Å². The zero-order valence-corrected chi connectivity index (χ0v) is 13.0. The fourth-order valence-corrected chi connectivity index (χ4v) is 2.55. The van der Waals surface area contributed by atoms with Crippen molar-refractivity contribution in [3.05, 3.63) is 70.9 Å². The minimum atomic E-state index is -4.73. The molecule has 0 radical (unpaired) electrons. The third-order valence-electron chi connectivity index (χ3n) is 3.76. The standard InChI is InChI=1S/C16H10F3N5O2/c17-16(18,19)15-21-13(22-26-15)10-3-6-24(12(25)8-10)9-11-2-1-5-23-7-4-20-14(11)23/h1-8H,9H2. The van der Waals surface area contributed by atoms with Gasteiger partial charge in [-0.2, -0.15) is 18.2 Å². The van der Waals surface area contributed by atoms with Crippen molar-refractivity contribution < 1.29 is 17.7 Å². The highest BCUT2D eigenvalue weighted by Gasteiger charge is 2.38. The summed E-state index contributed by atoms with van der Waals surface area (Å²) in [6.07, 6.45) is 2.02. The van der Waals surface area contributed by atoms with E-state index >= 15 is 0 Å². The van der Waals surface area contributed by atoms with E-state index in [-0.39, 0.29) is 17.9 Å². The molecule has 0 aliphatic carbocycles. The number of hydrogen-bond donors (Lipinski definition) is 0. The van der Waals surface area contributed by atoms with Gasteiger partial charge in [0.05, 0.1) is 6.54 Å². The van der Waals surface area contributed by atoms with Crippen LogP contribution in [0.15, 0.2) is 58.4 Å². The Balaban J connectivity index is 1.65. The second kappa shape index (κ2) is 5.83. The lowest BCUT2D eigenvalue weighted by atomic mass is 10.2. The highest BCUT2D eigenvalue weighted by atomic mass is 19.4. The van der Waals surface area contributed by atoms with Gasteiger partial charge in [0.2, 0.25) is 5.82 Å². The van der Waals surface area contributed by atoms with Crippen LogP contribution in [0.25, 0.3) is 17.0 Å². The van der Waals surface area contributed by atoms with Crippen molar-refractivity contribution in [1.29, 1.82) is 0 Å². The van der Waals surface area contributed by atoms with E-state index in [2.05, 4.69) is 19.6 Å². The van der Waals surface area contributed by atoms with Gasteiger partial charge >= 0.3 is 12.1 Å². The van der Waals surface area contributed by atoms with Crippen LogP contribution in [0.3, 0.4) is 0 Å². The molecule has 0 aromatic carbocycles. The minimum absolute atomic E-state index is 0.143. The van der Waals surface area contributed by atoms with Gasteiger partial charge in [-0.15, -0.1) is 0 Å². The highest BCUT2D eigenvalue weighted by molar-refractivity contribution is 5.53. The average molecular weight is 361 g/mol. The number of alkyl halides is 3. The van der Waals surface area contributed by atoms with Gasteiger partial charge in [0.1, 0.15) is 5.65 Å². The van der Waals surface area contributed by atoms with Crippen LogP contribution in [0.2, 0.25) is 0 Å². The molecule has 0 fully saturated rings. The average Bonchev–Trinajstić information content (AvgIpc) is 3.25. The van der Waals surface area contributed by atoms with Crippen molar-refractivity contribution in [2.24, 2.45) is 0 Å². The lowest BCUT2D eigenvalue weighted by Gasteiger charge is -2.07. The first-order chi connectivity index (χ1) is 12.4. The van der Waals surface area contributed by atoms with Crippen LogP contribution in [0.4, 0.5) is 13.2 Å². The number of halogens is 3. The molecule has 0 N–H and O–H groups in total. The number of fused-ring (bicyclic) bond motifs is 1. The summed E-state index contributed by atoms with van der Waals surface area (Å²) < 4.78 is 45.0. The van der Waals surface area contributed by atoms with E-state index in [1.807, 2.05) is 22.7 Å². The normalized spacial score (nSPS) is 12.0. The summed E-state index contributed by atoms with van der Waals surface area (Å²) in [6.45, 7) is 0.264. The van der Waals surface area contributed by atoms with Crippen molar-refractivity contribution >= 4 is 5.65 Å². The monoisotopic (exact) mass is 361 g/mol. The predicted molar refractivity (Wildman–Crippen MR) is 83.3 cm³/mol. The van der Waals surface area contributed by atoms with Crippen LogP contribution in [-0.2, 0) is 12.7 Å². The van der Waals surface area contributed by atoms with Crippen molar-refractivity contribution in [1.82, 2.24) is 24.1 Å². The maximum atomic E-state index is 12.5. The van der Waals surface area contributed by atoms with Gasteiger partial charge in [-0.05, 0) is 12.1 Å². The Morgan fingerprint density at radius 2 is 2.00 bits per heavy atom. The molecule has 0 unspecified atom stereocenters. The quantitative estimate of drug-likeness (QED) is 0.561. The molecular weight excluding hydrogens is 351 g/mol.